The summed E-state index contributed by atoms with van der Waals surface area (Å²) in [6.07, 6.45) is 0.639. The lowest BCUT2D eigenvalue weighted by Crippen LogP contribution is -2.23. The van der Waals surface area contributed by atoms with Crippen molar-refractivity contribution < 1.29 is 4.39 Å². The summed E-state index contributed by atoms with van der Waals surface area (Å²) in [5, 5.41) is 4.54. The van der Waals surface area contributed by atoms with Crippen molar-refractivity contribution in [3.8, 4) is 0 Å². The first kappa shape index (κ1) is 16.6. The third-order valence-corrected chi connectivity index (χ3v) is 4.27. The van der Waals surface area contributed by atoms with Gasteiger partial charge in [-0.25, -0.2) is 4.39 Å². The van der Waals surface area contributed by atoms with Gasteiger partial charge in [-0.3, -0.25) is 0 Å². The maximum Gasteiger partial charge on any atom is 0.142 e. The van der Waals surface area contributed by atoms with Crippen molar-refractivity contribution in [3.05, 3.63) is 68.4 Å². The number of benzene rings is 2. The highest BCUT2D eigenvalue weighted by Gasteiger charge is 2.13. The Morgan fingerprint density at radius 2 is 1.71 bits per heavy atom. The molecule has 0 radical (unpaired) electrons. The fraction of sp³-hybridized carbons (Fsp3) is 0.250. The van der Waals surface area contributed by atoms with E-state index in [4.69, 9.17) is 34.8 Å². The van der Waals surface area contributed by atoms with Gasteiger partial charge >= 0.3 is 0 Å². The predicted octanol–water partition coefficient (Wildman–Crippen LogP) is 5.68. The largest absolute Gasteiger partial charge is 0.310 e. The molecule has 5 heteroatoms. The Hall–Kier alpha value is -0.800. The van der Waals surface area contributed by atoms with Crippen LogP contribution in [0.4, 0.5) is 4.39 Å². The zero-order valence-electron chi connectivity index (χ0n) is 11.5. The molecule has 0 heterocycles. The van der Waals surface area contributed by atoms with Gasteiger partial charge in [0.15, 0.2) is 0 Å². The summed E-state index contributed by atoms with van der Waals surface area (Å²) in [4.78, 5) is 0. The van der Waals surface area contributed by atoms with Gasteiger partial charge in [0.05, 0.1) is 15.1 Å². The van der Waals surface area contributed by atoms with Crippen LogP contribution in [0.5, 0.6) is 0 Å². The first-order valence-electron chi connectivity index (χ1n) is 6.63. The van der Waals surface area contributed by atoms with Crippen molar-refractivity contribution in [1.29, 1.82) is 0 Å². The quantitative estimate of drug-likeness (QED) is 0.734. The van der Waals surface area contributed by atoms with E-state index in [0.29, 0.717) is 16.5 Å². The summed E-state index contributed by atoms with van der Waals surface area (Å²) in [6, 6.07) is 10.4. The van der Waals surface area contributed by atoms with Crippen LogP contribution in [0.15, 0.2) is 36.4 Å². The summed E-state index contributed by atoms with van der Waals surface area (Å²) in [5.74, 6) is -0.404. The van der Waals surface area contributed by atoms with Gasteiger partial charge in [0, 0.05) is 6.04 Å². The Morgan fingerprint density at radius 1 is 1.00 bits per heavy atom. The molecule has 21 heavy (non-hydrogen) atoms. The van der Waals surface area contributed by atoms with Gasteiger partial charge in [0.2, 0.25) is 0 Å². The fourth-order valence-corrected chi connectivity index (χ4v) is 2.61. The number of hydrogen-bond donors (Lipinski definition) is 1. The van der Waals surface area contributed by atoms with Crippen molar-refractivity contribution >= 4 is 34.8 Å². The van der Waals surface area contributed by atoms with E-state index in [1.807, 2.05) is 25.1 Å². The van der Waals surface area contributed by atoms with E-state index in [1.165, 1.54) is 6.07 Å². The molecule has 1 N–H and O–H groups in total. The second-order valence-corrected chi connectivity index (χ2v) is 5.96. The summed E-state index contributed by atoms with van der Waals surface area (Å²) in [7, 11) is 0. The van der Waals surface area contributed by atoms with Crippen LogP contribution in [0.25, 0.3) is 0 Å². The van der Waals surface area contributed by atoms with E-state index in [0.717, 1.165) is 17.7 Å². The minimum Gasteiger partial charge on any atom is -0.310 e. The summed E-state index contributed by atoms with van der Waals surface area (Å²) in [6.45, 7) is 2.81. The van der Waals surface area contributed by atoms with Gasteiger partial charge in [0.25, 0.3) is 0 Å². The first-order valence-corrected chi connectivity index (χ1v) is 7.77. The minimum absolute atomic E-state index is 0.0327. The highest BCUT2D eigenvalue weighted by Crippen LogP contribution is 2.28. The van der Waals surface area contributed by atoms with Crippen LogP contribution in [0, 0.1) is 5.82 Å². The van der Waals surface area contributed by atoms with Crippen molar-refractivity contribution in [2.45, 2.75) is 19.4 Å². The van der Waals surface area contributed by atoms with Crippen molar-refractivity contribution in [2.24, 2.45) is 0 Å². The van der Waals surface area contributed by atoms with Crippen LogP contribution in [0.2, 0.25) is 15.1 Å². The second kappa shape index (κ2) is 7.46. The molecule has 1 nitrogen and oxygen atoms in total. The molecule has 2 rings (SSSR count). The van der Waals surface area contributed by atoms with Crippen LogP contribution in [0.1, 0.15) is 24.1 Å². The van der Waals surface area contributed by atoms with E-state index < -0.39 is 5.82 Å². The molecule has 0 aliphatic heterocycles. The van der Waals surface area contributed by atoms with Crippen LogP contribution in [0.3, 0.4) is 0 Å². The highest BCUT2D eigenvalue weighted by molar-refractivity contribution is 6.42. The lowest BCUT2D eigenvalue weighted by molar-refractivity contribution is 0.547. The zero-order chi connectivity index (χ0) is 15.4. The van der Waals surface area contributed by atoms with Gasteiger partial charge in [-0.2, -0.15) is 0 Å². The molecule has 0 aliphatic carbocycles. The van der Waals surface area contributed by atoms with Gasteiger partial charge < -0.3 is 5.32 Å². The molecule has 0 bridgehead atoms. The van der Waals surface area contributed by atoms with Crippen molar-refractivity contribution in [3.63, 3.8) is 0 Å². The van der Waals surface area contributed by atoms with Gasteiger partial charge in [-0.1, -0.05) is 53.9 Å². The number of rotatable bonds is 5. The monoisotopic (exact) mass is 345 g/mol. The average Bonchev–Trinajstić information content (AvgIpc) is 2.45. The molecule has 0 aromatic heterocycles. The molecule has 2 aromatic carbocycles. The standard InChI is InChI=1S/C16H15Cl3FN/c1-2-21-16(11-4-6-12(17)14(19)9-11)8-10-3-5-13(18)15(20)7-10/h3-7,9,16,21H,2,8H2,1H3. The Labute approximate surface area is 139 Å². The average molecular weight is 347 g/mol. The van der Waals surface area contributed by atoms with E-state index in [-0.39, 0.29) is 11.1 Å². The Kier molecular flexibility index (Phi) is 5.88. The SMILES string of the molecule is CCNC(Cc1ccc(Cl)c(F)c1)c1ccc(Cl)c(Cl)c1. The fourth-order valence-electron chi connectivity index (χ4n) is 2.19. The molecular formula is C16H15Cl3FN. The molecule has 112 valence electrons. The lowest BCUT2D eigenvalue weighted by atomic mass is 9.98. The molecule has 1 atom stereocenters. The summed E-state index contributed by atoms with van der Waals surface area (Å²) >= 11 is 17.7. The van der Waals surface area contributed by atoms with Crippen LogP contribution in [-0.4, -0.2) is 6.54 Å². The summed E-state index contributed by atoms with van der Waals surface area (Å²) in [5.41, 5.74) is 1.88. The Balaban J connectivity index is 2.25. The van der Waals surface area contributed by atoms with Gasteiger partial charge in [-0.05, 0) is 48.4 Å². The van der Waals surface area contributed by atoms with E-state index >= 15 is 0 Å². The van der Waals surface area contributed by atoms with Gasteiger partial charge in [-0.15, -0.1) is 0 Å². The van der Waals surface area contributed by atoms with Gasteiger partial charge in [0.1, 0.15) is 5.82 Å². The number of likely N-dealkylation sites (N-methyl/N-ethyl adjacent to an activating group) is 1. The smallest absolute Gasteiger partial charge is 0.142 e. The Morgan fingerprint density at radius 3 is 2.33 bits per heavy atom. The molecule has 0 amide bonds. The first-order chi connectivity index (χ1) is 10.0. The molecular weight excluding hydrogens is 332 g/mol. The number of nitrogens with one attached hydrogen (secondary N) is 1. The van der Waals surface area contributed by atoms with E-state index in [2.05, 4.69) is 5.32 Å². The molecule has 0 fully saturated rings. The topological polar surface area (TPSA) is 12.0 Å². The molecule has 0 spiro atoms. The maximum absolute atomic E-state index is 13.5. The molecule has 0 aliphatic rings. The van der Waals surface area contributed by atoms with Crippen LogP contribution < -0.4 is 5.32 Å². The highest BCUT2D eigenvalue weighted by atomic mass is 35.5. The molecule has 0 saturated carbocycles. The van der Waals surface area contributed by atoms with E-state index in [1.54, 1.807) is 12.1 Å². The molecule has 2 aromatic rings. The molecule has 0 saturated heterocycles. The molecule has 1 unspecified atom stereocenters. The Bertz CT molecular complexity index is 631. The minimum atomic E-state index is -0.404. The lowest BCUT2D eigenvalue weighted by Gasteiger charge is -2.19. The van der Waals surface area contributed by atoms with E-state index in [9.17, 15) is 4.39 Å². The predicted molar refractivity (Wildman–Crippen MR) is 88.0 cm³/mol. The zero-order valence-corrected chi connectivity index (χ0v) is 13.7. The van der Waals surface area contributed by atoms with Crippen molar-refractivity contribution in [1.82, 2.24) is 5.32 Å². The van der Waals surface area contributed by atoms with Crippen molar-refractivity contribution in [2.75, 3.05) is 6.54 Å². The number of hydrogen-bond acceptors (Lipinski definition) is 1. The maximum atomic E-state index is 13.5. The third-order valence-electron chi connectivity index (χ3n) is 3.22. The normalized spacial score (nSPS) is 12.4. The second-order valence-electron chi connectivity index (χ2n) is 4.74. The summed E-state index contributed by atoms with van der Waals surface area (Å²) < 4.78 is 13.5. The number of halogens is 4. The van der Waals surface area contributed by atoms with Crippen LogP contribution in [-0.2, 0) is 6.42 Å². The third kappa shape index (κ3) is 4.33. The van der Waals surface area contributed by atoms with Crippen LogP contribution >= 0.6 is 34.8 Å².